The first-order valence-corrected chi connectivity index (χ1v) is 10.5. The average Bonchev–Trinajstić information content (AvgIpc) is 3.29. The molecule has 0 aromatic heterocycles. The maximum atomic E-state index is 12.8. The lowest BCUT2D eigenvalue weighted by Gasteiger charge is -2.28. The van der Waals surface area contributed by atoms with Crippen molar-refractivity contribution in [2.75, 3.05) is 26.7 Å². The molecular formula is C24H31N3O3. The van der Waals surface area contributed by atoms with Crippen LogP contribution in [0, 0.1) is 0 Å². The molecule has 6 heteroatoms. The molecule has 0 saturated carbocycles. The molecule has 0 unspecified atom stereocenters. The Labute approximate surface area is 178 Å². The molecule has 0 radical (unpaired) electrons. The summed E-state index contributed by atoms with van der Waals surface area (Å²) in [7, 11) is 1.66. The Morgan fingerprint density at radius 1 is 1.00 bits per heavy atom. The van der Waals surface area contributed by atoms with E-state index in [1.165, 1.54) is 25.3 Å². The van der Waals surface area contributed by atoms with Gasteiger partial charge in [0.05, 0.1) is 25.6 Å². The van der Waals surface area contributed by atoms with Crippen molar-refractivity contribution < 1.29 is 14.3 Å². The highest BCUT2D eigenvalue weighted by Crippen LogP contribution is 2.26. The number of nitrogens with one attached hydrogen (secondary N) is 2. The summed E-state index contributed by atoms with van der Waals surface area (Å²) in [4.78, 5) is 26.8. The van der Waals surface area contributed by atoms with Gasteiger partial charge in [0.15, 0.2) is 0 Å². The molecule has 30 heavy (non-hydrogen) atoms. The highest BCUT2D eigenvalue weighted by Gasteiger charge is 2.25. The molecule has 1 heterocycles. The number of ether oxygens (including phenoxy) is 1. The second-order valence-electron chi connectivity index (χ2n) is 7.70. The van der Waals surface area contributed by atoms with Crippen molar-refractivity contribution in [1.29, 1.82) is 0 Å². The third kappa shape index (κ3) is 6.07. The lowest BCUT2D eigenvalue weighted by molar-refractivity contribution is -0.123. The highest BCUT2D eigenvalue weighted by molar-refractivity contribution is 5.79. The second kappa shape index (κ2) is 10.8. The molecule has 160 valence electrons. The Bertz CT molecular complexity index is 817. The topological polar surface area (TPSA) is 70.7 Å². The van der Waals surface area contributed by atoms with Gasteiger partial charge in [-0.15, -0.1) is 0 Å². The van der Waals surface area contributed by atoms with Gasteiger partial charge in [-0.2, -0.15) is 0 Å². The van der Waals surface area contributed by atoms with Gasteiger partial charge in [-0.1, -0.05) is 42.5 Å². The van der Waals surface area contributed by atoms with Gasteiger partial charge in [0.1, 0.15) is 5.75 Å². The Kier molecular flexibility index (Phi) is 7.85. The van der Waals surface area contributed by atoms with Crippen molar-refractivity contribution in [3.05, 3.63) is 65.7 Å². The standard InChI is InChI=1S/C24H31N3O3/c1-18(28)26-22(19-8-4-3-5-9-19)16-24(29)25-17-23(27-14-6-7-15-27)20-10-12-21(30-2)13-11-20/h3-5,8-13,22-23H,6-7,14-17H2,1-2H3,(H,25,29)(H,26,28)/t22-,23-/m1/s1. The van der Waals surface area contributed by atoms with E-state index in [4.69, 9.17) is 4.74 Å². The lowest BCUT2D eigenvalue weighted by atomic mass is 10.0. The SMILES string of the molecule is COc1ccc([C@@H](CNC(=O)C[C@@H](NC(C)=O)c2ccccc2)N2CCCC2)cc1. The average molecular weight is 410 g/mol. The first kappa shape index (κ1) is 21.8. The van der Waals surface area contributed by atoms with E-state index in [0.29, 0.717) is 6.54 Å². The first-order chi connectivity index (χ1) is 14.6. The largest absolute Gasteiger partial charge is 0.497 e. The van der Waals surface area contributed by atoms with Crippen LogP contribution in [0.5, 0.6) is 5.75 Å². The van der Waals surface area contributed by atoms with Crippen LogP contribution in [0.25, 0.3) is 0 Å². The van der Waals surface area contributed by atoms with Crippen molar-refractivity contribution in [1.82, 2.24) is 15.5 Å². The molecule has 0 bridgehead atoms. The Morgan fingerprint density at radius 3 is 2.27 bits per heavy atom. The second-order valence-corrected chi connectivity index (χ2v) is 7.70. The van der Waals surface area contributed by atoms with Crippen LogP contribution < -0.4 is 15.4 Å². The smallest absolute Gasteiger partial charge is 0.222 e. The number of hydrogen-bond donors (Lipinski definition) is 2. The zero-order valence-corrected chi connectivity index (χ0v) is 17.8. The van der Waals surface area contributed by atoms with E-state index in [1.807, 2.05) is 42.5 Å². The van der Waals surface area contributed by atoms with Gasteiger partial charge in [-0.3, -0.25) is 14.5 Å². The monoisotopic (exact) mass is 409 g/mol. The van der Waals surface area contributed by atoms with Gasteiger partial charge < -0.3 is 15.4 Å². The minimum atomic E-state index is -0.338. The van der Waals surface area contributed by atoms with Crippen LogP contribution in [0.2, 0.25) is 0 Å². The molecule has 3 rings (SSSR count). The van der Waals surface area contributed by atoms with Crippen LogP contribution >= 0.6 is 0 Å². The van der Waals surface area contributed by atoms with Gasteiger partial charge in [0.25, 0.3) is 0 Å². The van der Waals surface area contributed by atoms with Gasteiger partial charge in [0.2, 0.25) is 11.8 Å². The predicted octanol–water partition coefficient (Wildman–Crippen LogP) is 3.22. The highest BCUT2D eigenvalue weighted by atomic mass is 16.5. The van der Waals surface area contributed by atoms with E-state index in [-0.39, 0.29) is 30.3 Å². The predicted molar refractivity (Wildman–Crippen MR) is 117 cm³/mol. The summed E-state index contributed by atoms with van der Waals surface area (Å²) in [5, 5.41) is 5.99. The van der Waals surface area contributed by atoms with Crippen molar-refractivity contribution in [2.45, 2.75) is 38.3 Å². The number of amides is 2. The molecule has 0 spiro atoms. The summed E-state index contributed by atoms with van der Waals surface area (Å²) >= 11 is 0. The zero-order chi connectivity index (χ0) is 21.3. The van der Waals surface area contributed by atoms with Gasteiger partial charge >= 0.3 is 0 Å². The number of nitrogens with zero attached hydrogens (tertiary/aromatic N) is 1. The Hall–Kier alpha value is -2.86. The van der Waals surface area contributed by atoms with Crippen LogP contribution in [0.4, 0.5) is 0 Å². The fourth-order valence-electron chi connectivity index (χ4n) is 3.99. The summed E-state index contributed by atoms with van der Waals surface area (Å²) in [6, 6.07) is 17.4. The van der Waals surface area contributed by atoms with Crippen molar-refractivity contribution in [3.8, 4) is 5.75 Å². The molecule has 2 N–H and O–H groups in total. The first-order valence-electron chi connectivity index (χ1n) is 10.5. The number of likely N-dealkylation sites (tertiary alicyclic amines) is 1. The summed E-state index contributed by atoms with van der Waals surface area (Å²) in [5.74, 6) is 0.601. The van der Waals surface area contributed by atoms with Gasteiger partial charge in [-0.25, -0.2) is 0 Å². The molecule has 1 saturated heterocycles. The van der Waals surface area contributed by atoms with Gasteiger partial charge in [0, 0.05) is 13.5 Å². The number of carbonyl (C=O) groups is 2. The van der Waals surface area contributed by atoms with Crippen molar-refractivity contribution in [2.24, 2.45) is 0 Å². The Morgan fingerprint density at radius 2 is 1.67 bits per heavy atom. The summed E-state index contributed by atoms with van der Waals surface area (Å²) in [6.07, 6.45) is 2.57. The quantitative estimate of drug-likeness (QED) is 0.667. The molecule has 2 aromatic rings. The molecule has 2 atom stereocenters. The molecule has 1 aliphatic heterocycles. The number of hydrogen-bond acceptors (Lipinski definition) is 4. The molecule has 2 aromatic carbocycles. The van der Waals surface area contributed by atoms with Crippen LogP contribution in [-0.2, 0) is 9.59 Å². The molecule has 1 fully saturated rings. The van der Waals surface area contributed by atoms with Crippen molar-refractivity contribution >= 4 is 11.8 Å². The number of benzene rings is 2. The van der Waals surface area contributed by atoms with Gasteiger partial charge in [-0.05, 0) is 49.2 Å². The third-order valence-electron chi connectivity index (χ3n) is 5.54. The summed E-state index contributed by atoms with van der Waals surface area (Å²) in [6.45, 7) is 4.07. The maximum Gasteiger partial charge on any atom is 0.222 e. The fourth-order valence-corrected chi connectivity index (χ4v) is 3.99. The normalized spacial score (nSPS) is 15.9. The van der Waals surface area contributed by atoms with Crippen LogP contribution in [0.1, 0.15) is 49.4 Å². The van der Waals surface area contributed by atoms with E-state index < -0.39 is 0 Å². The van der Waals surface area contributed by atoms with E-state index >= 15 is 0 Å². The summed E-state index contributed by atoms with van der Waals surface area (Å²) in [5.41, 5.74) is 2.09. The fraction of sp³-hybridized carbons (Fsp3) is 0.417. The third-order valence-corrected chi connectivity index (χ3v) is 5.54. The number of methoxy groups -OCH3 is 1. The zero-order valence-electron chi connectivity index (χ0n) is 17.8. The lowest BCUT2D eigenvalue weighted by Crippen LogP contribution is -2.38. The number of carbonyl (C=O) groups excluding carboxylic acids is 2. The van der Waals surface area contributed by atoms with Crippen LogP contribution in [0.3, 0.4) is 0 Å². The minimum Gasteiger partial charge on any atom is -0.497 e. The molecule has 6 nitrogen and oxygen atoms in total. The summed E-state index contributed by atoms with van der Waals surface area (Å²) < 4.78 is 5.27. The van der Waals surface area contributed by atoms with E-state index in [9.17, 15) is 9.59 Å². The Balaban J connectivity index is 1.66. The maximum absolute atomic E-state index is 12.8. The molecule has 1 aliphatic rings. The molecular weight excluding hydrogens is 378 g/mol. The minimum absolute atomic E-state index is 0.0738. The van der Waals surface area contributed by atoms with Crippen LogP contribution in [-0.4, -0.2) is 43.5 Å². The van der Waals surface area contributed by atoms with Crippen LogP contribution in [0.15, 0.2) is 54.6 Å². The molecule has 0 aliphatic carbocycles. The molecule has 2 amide bonds. The van der Waals surface area contributed by atoms with E-state index in [1.54, 1.807) is 7.11 Å². The van der Waals surface area contributed by atoms with E-state index in [2.05, 4.69) is 27.7 Å². The van der Waals surface area contributed by atoms with E-state index in [0.717, 1.165) is 24.4 Å². The van der Waals surface area contributed by atoms with Crippen molar-refractivity contribution in [3.63, 3.8) is 0 Å². The number of rotatable bonds is 9.